The Morgan fingerprint density at radius 2 is 1.95 bits per heavy atom. The van der Waals surface area contributed by atoms with Crippen LogP contribution in [-0.4, -0.2) is 44.1 Å². The number of hydrogen-bond acceptors (Lipinski definition) is 3. The van der Waals surface area contributed by atoms with Crippen molar-refractivity contribution in [3.05, 3.63) is 29.8 Å². The molecule has 1 aliphatic rings. The van der Waals surface area contributed by atoms with Gasteiger partial charge < -0.3 is 15.0 Å². The Labute approximate surface area is 133 Å². The molecule has 0 bridgehead atoms. The van der Waals surface area contributed by atoms with Gasteiger partial charge in [-0.25, -0.2) is 0 Å². The van der Waals surface area contributed by atoms with E-state index in [-0.39, 0.29) is 5.91 Å². The van der Waals surface area contributed by atoms with Gasteiger partial charge in [-0.15, -0.1) is 0 Å². The first-order valence-electron chi connectivity index (χ1n) is 8.29. The van der Waals surface area contributed by atoms with Gasteiger partial charge in [-0.05, 0) is 57.3 Å². The maximum absolute atomic E-state index is 12.1. The molecule has 4 nitrogen and oxygen atoms in total. The summed E-state index contributed by atoms with van der Waals surface area (Å²) in [6.07, 6.45) is 4.08. The van der Waals surface area contributed by atoms with Crippen molar-refractivity contribution in [3.8, 4) is 5.75 Å². The number of nitrogens with zero attached hydrogens (tertiary/aromatic N) is 1. The number of piperidine rings is 1. The number of hydrogen-bond donors (Lipinski definition) is 1. The second kappa shape index (κ2) is 8.79. The number of benzene rings is 1. The summed E-state index contributed by atoms with van der Waals surface area (Å²) in [7, 11) is 1.86. The van der Waals surface area contributed by atoms with Crippen LogP contribution in [0.25, 0.3) is 0 Å². The molecule has 1 amide bonds. The molecule has 0 aliphatic carbocycles. The average Bonchev–Trinajstić information content (AvgIpc) is 2.55. The second-order valence-corrected chi connectivity index (χ2v) is 6.21. The maximum Gasteiger partial charge on any atom is 0.222 e. The molecule has 1 fully saturated rings. The lowest BCUT2D eigenvalue weighted by Crippen LogP contribution is -2.32. The van der Waals surface area contributed by atoms with Crippen LogP contribution in [0.1, 0.15) is 31.2 Å². The van der Waals surface area contributed by atoms with Crippen molar-refractivity contribution in [1.82, 2.24) is 10.2 Å². The first-order valence-corrected chi connectivity index (χ1v) is 8.29. The van der Waals surface area contributed by atoms with E-state index in [0.717, 1.165) is 25.3 Å². The second-order valence-electron chi connectivity index (χ2n) is 6.21. The Hall–Kier alpha value is -1.55. The van der Waals surface area contributed by atoms with Crippen LogP contribution in [0.4, 0.5) is 0 Å². The maximum atomic E-state index is 12.1. The molecule has 0 radical (unpaired) electrons. The van der Waals surface area contributed by atoms with Gasteiger partial charge in [0, 0.05) is 13.5 Å². The summed E-state index contributed by atoms with van der Waals surface area (Å²) in [5, 5.41) is 3.36. The van der Waals surface area contributed by atoms with Crippen LogP contribution < -0.4 is 10.1 Å². The fourth-order valence-electron chi connectivity index (χ4n) is 2.75. The third kappa shape index (κ3) is 5.68. The summed E-state index contributed by atoms with van der Waals surface area (Å²) in [5.41, 5.74) is 1.22. The van der Waals surface area contributed by atoms with E-state index in [9.17, 15) is 4.79 Å². The van der Waals surface area contributed by atoms with Crippen LogP contribution in [0.5, 0.6) is 5.75 Å². The Kier molecular flexibility index (Phi) is 6.72. The lowest BCUT2D eigenvalue weighted by molar-refractivity contribution is -0.130. The van der Waals surface area contributed by atoms with Crippen molar-refractivity contribution < 1.29 is 9.53 Å². The van der Waals surface area contributed by atoms with E-state index in [2.05, 4.69) is 12.2 Å². The minimum Gasteiger partial charge on any atom is -0.492 e. The zero-order valence-corrected chi connectivity index (χ0v) is 13.8. The zero-order valence-electron chi connectivity index (χ0n) is 13.8. The van der Waals surface area contributed by atoms with Gasteiger partial charge in [0.25, 0.3) is 0 Å². The lowest BCUT2D eigenvalue weighted by atomic mass is 9.93. The number of likely N-dealkylation sites (N-methyl/N-ethyl adjacent to an activating group) is 1. The van der Waals surface area contributed by atoms with Crippen LogP contribution in [-0.2, 0) is 4.79 Å². The normalized spacial score (nSPS) is 15.5. The van der Waals surface area contributed by atoms with Crippen LogP contribution in [0.2, 0.25) is 0 Å². The molecular weight excluding hydrogens is 276 g/mol. The summed E-state index contributed by atoms with van der Waals surface area (Å²) in [4.78, 5) is 13.9. The minimum absolute atomic E-state index is 0.228. The van der Waals surface area contributed by atoms with Crippen molar-refractivity contribution >= 4 is 5.91 Å². The molecule has 4 heteroatoms. The Balaban J connectivity index is 1.62. The highest BCUT2D eigenvalue weighted by Gasteiger charge is 2.16. The molecule has 1 saturated heterocycles. The number of amides is 1. The topological polar surface area (TPSA) is 41.6 Å². The molecule has 22 heavy (non-hydrogen) atoms. The summed E-state index contributed by atoms with van der Waals surface area (Å²) >= 11 is 0. The van der Waals surface area contributed by atoms with E-state index in [1.807, 2.05) is 31.3 Å². The van der Waals surface area contributed by atoms with Gasteiger partial charge in [0.1, 0.15) is 12.4 Å². The molecule has 0 atom stereocenters. The quantitative estimate of drug-likeness (QED) is 0.842. The van der Waals surface area contributed by atoms with Gasteiger partial charge in [-0.3, -0.25) is 4.79 Å². The first-order chi connectivity index (χ1) is 10.6. The minimum atomic E-state index is 0.228. The van der Waals surface area contributed by atoms with Crippen molar-refractivity contribution in [2.45, 2.75) is 32.6 Å². The van der Waals surface area contributed by atoms with E-state index in [1.54, 1.807) is 4.90 Å². The Morgan fingerprint density at radius 3 is 2.64 bits per heavy atom. The number of carbonyl (C=O) groups excluding carboxylic acids is 1. The molecule has 1 heterocycles. The van der Waals surface area contributed by atoms with E-state index >= 15 is 0 Å². The van der Waals surface area contributed by atoms with Crippen LogP contribution >= 0.6 is 0 Å². The van der Waals surface area contributed by atoms with E-state index < -0.39 is 0 Å². The summed E-state index contributed by atoms with van der Waals surface area (Å²) in [6.45, 7) is 5.42. The fraction of sp³-hybridized carbons (Fsp3) is 0.611. The fourth-order valence-corrected chi connectivity index (χ4v) is 2.75. The van der Waals surface area contributed by atoms with E-state index in [1.165, 1.54) is 18.4 Å². The predicted molar refractivity (Wildman–Crippen MR) is 89.1 cm³/mol. The Morgan fingerprint density at radius 1 is 1.27 bits per heavy atom. The molecule has 0 saturated carbocycles. The number of rotatable bonds is 7. The molecule has 0 unspecified atom stereocenters. The highest BCUT2D eigenvalue weighted by atomic mass is 16.5. The van der Waals surface area contributed by atoms with E-state index in [0.29, 0.717) is 25.5 Å². The Bertz CT molecular complexity index is 453. The van der Waals surface area contributed by atoms with Gasteiger partial charge in [0.15, 0.2) is 0 Å². The molecule has 0 aromatic heterocycles. The van der Waals surface area contributed by atoms with Gasteiger partial charge in [-0.2, -0.15) is 0 Å². The van der Waals surface area contributed by atoms with Gasteiger partial charge in [-0.1, -0.05) is 17.7 Å². The first kappa shape index (κ1) is 16.8. The molecule has 1 aromatic carbocycles. The molecule has 1 N–H and O–H groups in total. The van der Waals surface area contributed by atoms with Gasteiger partial charge >= 0.3 is 0 Å². The largest absolute Gasteiger partial charge is 0.492 e. The number of nitrogens with one attached hydrogen (secondary N) is 1. The highest BCUT2D eigenvalue weighted by Crippen LogP contribution is 2.18. The number of ether oxygens (including phenoxy) is 1. The van der Waals surface area contributed by atoms with Crippen LogP contribution in [0.15, 0.2) is 24.3 Å². The van der Waals surface area contributed by atoms with E-state index in [4.69, 9.17) is 4.74 Å². The number of aryl methyl sites for hydroxylation is 1. The van der Waals surface area contributed by atoms with Crippen molar-refractivity contribution in [2.75, 3.05) is 33.3 Å². The monoisotopic (exact) mass is 304 g/mol. The third-order valence-corrected chi connectivity index (χ3v) is 4.37. The summed E-state index contributed by atoms with van der Waals surface area (Å²) in [6, 6.07) is 8.00. The zero-order chi connectivity index (χ0) is 15.8. The third-order valence-electron chi connectivity index (χ3n) is 4.37. The average molecular weight is 304 g/mol. The van der Waals surface area contributed by atoms with Crippen LogP contribution in [0.3, 0.4) is 0 Å². The van der Waals surface area contributed by atoms with Crippen molar-refractivity contribution in [2.24, 2.45) is 5.92 Å². The molecule has 122 valence electrons. The molecule has 0 spiro atoms. The summed E-state index contributed by atoms with van der Waals surface area (Å²) < 4.78 is 5.67. The SMILES string of the molecule is Cc1ccc(OCCN(C)C(=O)CCC2CCNCC2)cc1. The smallest absolute Gasteiger partial charge is 0.222 e. The van der Waals surface area contributed by atoms with Gasteiger partial charge in [0.05, 0.1) is 6.54 Å². The van der Waals surface area contributed by atoms with Crippen LogP contribution in [0, 0.1) is 12.8 Å². The predicted octanol–water partition coefficient (Wildman–Crippen LogP) is 2.61. The van der Waals surface area contributed by atoms with Crippen molar-refractivity contribution in [1.29, 1.82) is 0 Å². The molecular formula is C18H28N2O2. The van der Waals surface area contributed by atoms with Gasteiger partial charge in [0.2, 0.25) is 5.91 Å². The molecule has 1 aromatic rings. The highest BCUT2D eigenvalue weighted by molar-refractivity contribution is 5.75. The number of carbonyl (C=O) groups is 1. The molecule has 1 aliphatic heterocycles. The molecule has 2 rings (SSSR count). The lowest BCUT2D eigenvalue weighted by Gasteiger charge is -2.23. The standard InChI is InChI=1S/C18H28N2O2/c1-15-3-6-17(7-4-15)22-14-13-20(2)18(21)8-5-16-9-11-19-12-10-16/h3-4,6-7,16,19H,5,8-14H2,1-2H3. The van der Waals surface area contributed by atoms with Crippen molar-refractivity contribution in [3.63, 3.8) is 0 Å². The summed E-state index contributed by atoms with van der Waals surface area (Å²) in [5.74, 6) is 1.80.